The average Bonchev–Trinajstić information content (AvgIpc) is 3.17. The first-order chi connectivity index (χ1) is 11.6. The van der Waals surface area contributed by atoms with E-state index in [9.17, 15) is 4.79 Å². The lowest BCUT2D eigenvalue weighted by Gasteiger charge is -2.16. The van der Waals surface area contributed by atoms with Crippen molar-refractivity contribution in [1.82, 2.24) is 14.5 Å². The van der Waals surface area contributed by atoms with Crippen LogP contribution in [-0.4, -0.2) is 39.5 Å². The Kier molecular flexibility index (Phi) is 3.58. The molecule has 122 valence electrons. The highest BCUT2D eigenvalue weighted by Crippen LogP contribution is 2.22. The zero-order valence-electron chi connectivity index (χ0n) is 13.6. The minimum atomic E-state index is 0.0571. The van der Waals surface area contributed by atoms with Crippen LogP contribution in [0, 0.1) is 6.92 Å². The number of hydrogen-bond donors (Lipinski definition) is 1. The van der Waals surface area contributed by atoms with Crippen molar-refractivity contribution in [2.45, 2.75) is 19.4 Å². The first-order valence-electron chi connectivity index (χ1n) is 8.23. The first-order valence-corrected chi connectivity index (χ1v) is 8.23. The maximum atomic E-state index is 12.5. The van der Waals surface area contributed by atoms with Gasteiger partial charge in [-0.1, -0.05) is 12.1 Å². The number of benzene rings is 2. The van der Waals surface area contributed by atoms with Crippen molar-refractivity contribution in [2.24, 2.45) is 5.73 Å². The topological polar surface area (TPSA) is 64.2 Å². The molecule has 0 spiro atoms. The molecular weight excluding hydrogens is 300 g/mol. The van der Waals surface area contributed by atoms with E-state index in [1.807, 2.05) is 54.3 Å². The van der Waals surface area contributed by atoms with Gasteiger partial charge in [0.25, 0.3) is 5.91 Å². The van der Waals surface area contributed by atoms with E-state index in [2.05, 4.69) is 15.6 Å². The van der Waals surface area contributed by atoms with E-state index < -0.39 is 0 Å². The van der Waals surface area contributed by atoms with Gasteiger partial charge in [-0.25, -0.2) is 4.98 Å². The zero-order valence-corrected chi connectivity index (χ0v) is 13.6. The minimum absolute atomic E-state index is 0.0571. The molecule has 1 aliphatic heterocycles. The lowest BCUT2D eigenvalue weighted by Crippen LogP contribution is -2.31. The van der Waals surface area contributed by atoms with Gasteiger partial charge in [-0.3, -0.25) is 9.36 Å². The van der Waals surface area contributed by atoms with Crippen LogP contribution >= 0.6 is 0 Å². The Hall–Kier alpha value is -2.66. The number of aromatic nitrogens is 2. The fraction of sp³-hybridized carbons (Fsp3) is 0.263. The van der Waals surface area contributed by atoms with E-state index in [0.29, 0.717) is 12.1 Å². The average molecular weight is 320 g/mol. The SMILES string of the molecule is Cc1nc2ccccc2n1-c1ccc(C(=O)N2CC[C@H](N)C2)cc1. The van der Waals surface area contributed by atoms with Crippen molar-refractivity contribution in [3.05, 3.63) is 59.9 Å². The summed E-state index contributed by atoms with van der Waals surface area (Å²) in [5.41, 5.74) is 9.65. The summed E-state index contributed by atoms with van der Waals surface area (Å²) in [6.07, 6.45) is 0.879. The lowest BCUT2D eigenvalue weighted by atomic mass is 10.1. The number of para-hydroxylation sites is 2. The second-order valence-electron chi connectivity index (χ2n) is 6.33. The lowest BCUT2D eigenvalue weighted by molar-refractivity contribution is 0.0791. The highest BCUT2D eigenvalue weighted by atomic mass is 16.2. The Morgan fingerprint density at radius 1 is 1.17 bits per heavy atom. The van der Waals surface area contributed by atoms with Crippen LogP contribution in [0.15, 0.2) is 48.5 Å². The van der Waals surface area contributed by atoms with Gasteiger partial charge < -0.3 is 10.6 Å². The molecule has 24 heavy (non-hydrogen) atoms. The number of amides is 1. The number of hydrogen-bond acceptors (Lipinski definition) is 3. The number of nitrogens with zero attached hydrogens (tertiary/aromatic N) is 3. The minimum Gasteiger partial charge on any atom is -0.337 e. The summed E-state index contributed by atoms with van der Waals surface area (Å²) < 4.78 is 2.11. The molecule has 0 radical (unpaired) electrons. The van der Waals surface area contributed by atoms with Gasteiger partial charge in [0.2, 0.25) is 0 Å². The number of likely N-dealkylation sites (tertiary alicyclic amines) is 1. The zero-order chi connectivity index (χ0) is 16.7. The van der Waals surface area contributed by atoms with Crippen LogP contribution < -0.4 is 5.73 Å². The highest BCUT2D eigenvalue weighted by Gasteiger charge is 2.24. The van der Waals surface area contributed by atoms with E-state index in [1.165, 1.54) is 0 Å². The van der Waals surface area contributed by atoms with Crippen LogP contribution in [0.1, 0.15) is 22.6 Å². The van der Waals surface area contributed by atoms with Gasteiger partial charge >= 0.3 is 0 Å². The maximum Gasteiger partial charge on any atom is 0.253 e. The highest BCUT2D eigenvalue weighted by molar-refractivity contribution is 5.94. The third-order valence-corrected chi connectivity index (χ3v) is 4.61. The van der Waals surface area contributed by atoms with E-state index in [0.717, 1.165) is 35.5 Å². The van der Waals surface area contributed by atoms with Gasteiger partial charge in [0.1, 0.15) is 5.82 Å². The summed E-state index contributed by atoms with van der Waals surface area (Å²) in [5.74, 6) is 0.988. The summed E-state index contributed by atoms with van der Waals surface area (Å²) in [7, 11) is 0. The number of imidazole rings is 1. The third-order valence-electron chi connectivity index (χ3n) is 4.61. The molecule has 0 saturated carbocycles. The third kappa shape index (κ3) is 2.47. The first kappa shape index (κ1) is 14.9. The fourth-order valence-corrected chi connectivity index (χ4v) is 3.38. The van der Waals surface area contributed by atoms with Crippen molar-refractivity contribution >= 4 is 16.9 Å². The molecule has 1 fully saturated rings. The summed E-state index contributed by atoms with van der Waals surface area (Å²) in [6, 6.07) is 15.9. The van der Waals surface area contributed by atoms with Crippen molar-refractivity contribution in [1.29, 1.82) is 0 Å². The normalized spacial score (nSPS) is 17.6. The van der Waals surface area contributed by atoms with Gasteiger partial charge in [0, 0.05) is 30.4 Å². The molecule has 2 heterocycles. The van der Waals surface area contributed by atoms with Gasteiger partial charge in [0.05, 0.1) is 11.0 Å². The largest absolute Gasteiger partial charge is 0.337 e. The van der Waals surface area contributed by atoms with E-state index >= 15 is 0 Å². The molecule has 0 aliphatic carbocycles. The molecule has 2 N–H and O–H groups in total. The monoisotopic (exact) mass is 320 g/mol. The quantitative estimate of drug-likeness (QED) is 0.789. The molecule has 1 saturated heterocycles. The summed E-state index contributed by atoms with van der Waals surface area (Å²) in [5, 5.41) is 0. The van der Waals surface area contributed by atoms with Crippen LogP contribution in [0.25, 0.3) is 16.7 Å². The van der Waals surface area contributed by atoms with Gasteiger partial charge in [-0.05, 0) is 49.7 Å². The predicted octanol–water partition coefficient (Wildman–Crippen LogP) is 2.51. The number of nitrogens with two attached hydrogens (primary N) is 1. The summed E-state index contributed by atoms with van der Waals surface area (Å²) in [6.45, 7) is 3.38. The van der Waals surface area contributed by atoms with Crippen molar-refractivity contribution in [3.63, 3.8) is 0 Å². The Labute approximate surface area is 140 Å². The van der Waals surface area contributed by atoms with Crippen LogP contribution in [-0.2, 0) is 0 Å². The standard InChI is InChI=1S/C19H20N4O/c1-13-21-17-4-2-3-5-18(17)23(13)16-8-6-14(7-9-16)19(24)22-11-10-15(20)12-22/h2-9,15H,10-12,20H2,1H3/t15-/m0/s1. The maximum absolute atomic E-state index is 12.5. The number of aryl methyl sites for hydroxylation is 1. The van der Waals surface area contributed by atoms with Gasteiger partial charge in [-0.2, -0.15) is 0 Å². The van der Waals surface area contributed by atoms with Crippen LogP contribution in [0.2, 0.25) is 0 Å². The molecule has 0 unspecified atom stereocenters. The summed E-state index contributed by atoms with van der Waals surface area (Å²) >= 11 is 0. The molecule has 1 atom stereocenters. The number of carbonyl (C=O) groups is 1. The second kappa shape index (κ2) is 5.76. The second-order valence-corrected chi connectivity index (χ2v) is 6.33. The Morgan fingerprint density at radius 3 is 2.62 bits per heavy atom. The Balaban J connectivity index is 1.66. The number of rotatable bonds is 2. The van der Waals surface area contributed by atoms with Crippen LogP contribution in [0.5, 0.6) is 0 Å². The van der Waals surface area contributed by atoms with E-state index in [1.54, 1.807) is 0 Å². The van der Waals surface area contributed by atoms with Gasteiger partial charge in [-0.15, -0.1) is 0 Å². The molecule has 0 bridgehead atoms. The van der Waals surface area contributed by atoms with E-state index in [4.69, 9.17) is 5.73 Å². The molecule has 1 aliphatic rings. The molecule has 2 aromatic carbocycles. The number of carbonyl (C=O) groups excluding carboxylic acids is 1. The van der Waals surface area contributed by atoms with Crippen LogP contribution in [0.4, 0.5) is 0 Å². The summed E-state index contributed by atoms with van der Waals surface area (Å²) in [4.78, 5) is 18.9. The molecular formula is C19H20N4O. The Morgan fingerprint density at radius 2 is 1.92 bits per heavy atom. The Bertz CT molecular complexity index is 897. The number of fused-ring (bicyclic) bond motifs is 1. The predicted molar refractivity (Wildman–Crippen MR) is 94.3 cm³/mol. The fourth-order valence-electron chi connectivity index (χ4n) is 3.38. The molecule has 1 amide bonds. The van der Waals surface area contributed by atoms with Crippen LogP contribution in [0.3, 0.4) is 0 Å². The smallest absolute Gasteiger partial charge is 0.253 e. The van der Waals surface area contributed by atoms with E-state index in [-0.39, 0.29) is 11.9 Å². The molecule has 5 nitrogen and oxygen atoms in total. The van der Waals surface area contributed by atoms with Crippen molar-refractivity contribution in [3.8, 4) is 5.69 Å². The van der Waals surface area contributed by atoms with Gasteiger partial charge in [0.15, 0.2) is 0 Å². The van der Waals surface area contributed by atoms with Crippen molar-refractivity contribution in [2.75, 3.05) is 13.1 Å². The molecule has 1 aromatic heterocycles. The molecule has 3 aromatic rings. The molecule has 5 heteroatoms. The molecule has 4 rings (SSSR count). The van der Waals surface area contributed by atoms with Crippen molar-refractivity contribution < 1.29 is 4.79 Å².